The Bertz CT molecular complexity index is 465. The Hall–Kier alpha value is -0.720. The van der Waals surface area contributed by atoms with Crippen LogP contribution in [-0.2, 0) is 22.1 Å². The lowest BCUT2D eigenvalue weighted by Crippen LogP contribution is -2.20. The molecule has 0 radical (unpaired) electrons. The minimum atomic E-state index is -0.737. The van der Waals surface area contributed by atoms with Gasteiger partial charge in [-0.2, -0.15) is 0 Å². The summed E-state index contributed by atoms with van der Waals surface area (Å²) in [5.41, 5.74) is 1.57. The van der Waals surface area contributed by atoms with Crippen molar-refractivity contribution in [2.45, 2.75) is 13.5 Å². The molecule has 4 nitrogen and oxygen atoms in total. The number of halogens is 1. The molecular formula is C13H18BrNO3S. The number of nitrogens with one attached hydrogen (secondary N) is 1. The first-order chi connectivity index (χ1) is 9.08. The molecule has 1 atom stereocenters. The Kier molecular flexibility index (Phi) is 7.27. The Morgan fingerprint density at radius 1 is 1.47 bits per heavy atom. The topological polar surface area (TPSA) is 55.4 Å². The summed E-state index contributed by atoms with van der Waals surface area (Å²) in [6, 6.07) is 5.35. The molecule has 0 aliphatic rings. The van der Waals surface area contributed by atoms with Crippen molar-refractivity contribution < 1.29 is 13.7 Å². The summed E-state index contributed by atoms with van der Waals surface area (Å²) in [4.78, 5) is 11.4. The zero-order chi connectivity index (χ0) is 14.3. The van der Waals surface area contributed by atoms with E-state index in [9.17, 15) is 9.00 Å². The van der Waals surface area contributed by atoms with Gasteiger partial charge in [0, 0.05) is 39.9 Å². The fourth-order valence-corrected chi connectivity index (χ4v) is 2.67. The van der Waals surface area contributed by atoms with Gasteiger partial charge in [0.2, 0.25) is 0 Å². The van der Waals surface area contributed by atoms with E-state index in [-0.39, 0.29) is 5.97 Å². The van der Waals surface area contributed by atoms with Gasteiger partial charge in [-0.1, -0.05) is 28.9 Å². The van der Waals surface area contributed by atoms with E-state index in [1.165, 1.54) is 7.11 Å². The number of esters is 1. The summed E-state index contributed by atoms with van der Waals surface area (Å²) in [6.45, 7) is 3.30. The van der Waals surface area contributed by atoms with E-state index in [1.54, 1.807) is 12.1 Å². The van der Waals surface area contributed by atoms with Gasteiger partial charge in [0.15, 0.2) is 0 Å². The highest BCUT2D eigenvalue weighted by Gasteiger charge is 2.08. The highest BCUT2D eigenvalue weighted by Crippen LogP contribution is 2.19. The summed E-state index contributed by atoms with van der Waals surface area (Å²) in [7, 11) is 0.624. The van der Waals surface area contributed by atoms with Crippen molar-refractivity contribution in [3.63, 3.8) is 0 Å². The van der Waals surface area contributed by atoms with Crippen molar-refractivity contribution in [1.82, 2.24) is 5.32 Å². The molecule has 0 spiro atoms. The van der Waals surface area contributed by atoms with Crippen molar-refractivity contribution in [3.05, 3.63) is 33.8 Å². The van der Waals surface area contributed by atoms with Gasteiger partial charge in [0.25, 0.3) is 0 Å². The lowest BCUT2D eigenvalue weighted by molar-refractivity contribution is 0.0600. The third-order valence-electron chi connectivity index (χ3n) is 2.62. The standard InChI is InChI=1S/C13H18BrNO3S/c1-3-19(17)7-6-15-9-11-5-4-10(8-12(11)14)13(16)18-2/h4-5,8,15H,3,6-7,9H2,1-2H3. The number of benzene rings is 1. The molecule has 0 saturated carbocycles. The van der Waals surface area contributed by atoms with Gasteiger partial charge in [0.1, 0.15) is 0 Å². The van der Waals surface area contributed by atoms with Crippen LogP contribution < -0.4 is 5.32 Å². The number of ether oxygens (including phenoxy) is 1. The van der Waals surface area contributed by atoms with Gasteiger partial charge in [-0.3, -0.25) is 4.21 Å². The van der Waals surface area contributed by atoms with Crippen LogP contribution in [-0.4, -0.2) is 35.3 Å². The smallest absolute Gasteiger partial charge is 0.337 e. The van der Waals surface area contributed by atoms with Gasteiger partial charge in [-0.05, 0) is 17.7 Å². The van der Waals surface area contributed by atoms with Crippen LogP contribution >= 0.6 is 15.9 Å². The lowest BCUT2D eigenvalue weighted by Gasteiger charge is -2.08. The van der Waals surface area contributed by atoms with Gasteiger partial charge >= 0.3 is 5.97 Å². The van der Waals surface area contributed by atoms with Crippen LogP contribution in [0, 0.1) is 0 Å². The van der Waals surface area contributed by atoms with Crippen LogP contribution in [0.3, 0.4) is 0 Å². The maximum Gasteiger partial charge on any atom is 0.337 e. The van der Waals surface area contributed by atoms with Crippen LogP contribution in [0.15, 0.2) is 22.7 Å². The van der Waals surface area contributed by atoms with Gasteiger partial charge in [0.05, 0.1) is 12.7 Å². The fraction of sp³-hybridized carbons (Fsp3) is 0.462. The minimum absolute atomic E-state index is 0.349. The van der Waals surface area contributed by atoms with Gasteiger partial charge in [-0.25, -0.2) is 4.79 Å². The monoisotopic (exact) mass is 347 g/mol. The molecular weight excluding hydrogens is 330 g/mol. The molecule has 0 amide bonds. The molecule has 6 heteroatoms. The maximum atomic E-state index is 11.4. The Labute approximate surface area is 124 Å². The maximum absolute atomic E-state index is 11.4. The first kappa shape index (κ1) is 16.3. The van der Waals surface area contributed by atoms with Gasteiger partial charge in [-0.15, -0.1) is 0 Å². The first-order valence-corrected chi connectivity index (χ1v) is 8.29. The molecule has 0 aliphatic carbocycles. The number of methoxy groups -OCH3 is 1. The van der Waals surface area contributed by atoms with Crippen molar-refractivity contribution in [3.8, 4) is 0 Å². The summed E-state index contributed by atoms with van der Waals surface area (Å²) in [5, 5.41) is 3.23. The molecule has 1 aromatic carbocycles. The van der Waals surface area contributed by atoms with Crippen LogP contribution in [0.5, 0.6) is 0 Å². The molecule has 1 rings (SSSR count). The number of carbonyl (C=O) groups excluding carboxylic acids is 1. The zero-order valence-electron chi connectivity index (χ0n) is 11.1. The molecule has 0 heterocycles. The third kappa shape index (κ3) is 5.42. The van der Waals surface area contributed by atoms with E-state index in [1.807, 2.05) is 13.0 Å². The van der Waals surface area contributed by atoms with E-state index < -0.39 is 10.8 Å². The highest BCUT2D eigenvalue weighted by molar-refractivity contribution is 9.10. The molecule has 0 fully saturated rings. The van der Waals surface area contributed by atoms with Crippen LogP contribution in [0.1, 0.15) is 22.8 Å². The second-order valence-corrected chi connectivity index (χ2v) is 6.63. The average Bonchev–Trinajstić information content (AvgIpc) is 2.43. The number of hydrogen-bond donors (Lipinski definition) is 1. The summed E-state index contributed by atoms with van der Waals surface area (Å²) >= 11 is 3.43. The van der Waals surface area contributed by atoms with Gasteiger partial charge < -0.3 is 10.1 Å². The molecule has 19 heavy (non-hydrogen) atoms. The van der Waals surface area contributed by atoms with Crippen LogP contribution in [0.4, 0.5) is 0 Å². The SMILES string of the molecule is CCS(=O)CCNCc1ccc(C(=O)OC)cc1Br. The normalized spacial score (nSPS) is 12.2. The quantitative estimate of drug-likeness (QED) is 0.606. The molecule has 106 valence electrons. The predicted molar refractivity (Wildman–Crippen MR) is 80.7 cm³/mol. The molecule has 0 saturated heterocycles. The lowest BCUT2D eigenvalue weighted by atomic mass is 10.1. The fourth-order valence-electron chi connectivity index (χ4n) is 1.49. The summed E-state index contributed by atoms with van der Waals surface area (Å²) in [6.07, 6.45) is 0. The largest absolute Gasteiger partial charge is 0.465 e. The Morgan fingerprint density at radius 3 is 2.79 bits per heavy atom. The van der Waals surface area contributed by atoms with Crippen LogP contribution in [0.2, 0.25) is 0 Å². The van der Waals surface area contributed by atoms with E-state index in [0.717, 1.165) is 10.0 Å². The number of carbonyl (C=O) groups is 1. The number of hydrogen-bond acceptors (Lipinski definition) is 4. The van der Waals surface area contributed by atoms with Crippen molar-refractivity contribution in [1.29, 1.82) is 0 Å². The van der Waals surface area contributed by atoms with E-state index in [2.05, 4.69) is 26.0 Å². The molecule has 0 aliphatic heterocycles. The van der Waals surface area contributed by atoms with Crippen molar-refractivity contribution >= 4 is 32.7 Å². The van der Waals surface area contributed by atoms with E-state index in [4.69, 9.17) is 0 Å². The molecule has 1 N–H and O–H groups in total. The van der Waals surface area contributed by atoms with E-state index >= 15 is 0 Å². The summed E-state index contributed by atoms with van der Waals surface area (Å²) < 4.78 is 16.8. The minimum Gasteiger partial charge on any atom is -0.465 e. The highest BCUT2D eigenvalue weighted by atomic mass is 79.9. The molecule has 1 aromatic rings. The average molecular weight is 348 g/mol. The molecule has 0 bridgehead atoms. The first-order valence-electron chi connectivity index (χ1n) is 6.01. The Balaban J connectivity index is 2.51. The summed E-state index contributed by atoms with van der Waals surface area (Å²) in [5.74, 6) is 1.01. The second kappa shape index (κ2) is 8.45. The molecule has 1 unspecified atom stereocenters. The third-order valence-corrected chi connectivity index (χ3v) is 4.66. The van der Waals surface area contributed by atoms with Crippen LogP contribution in [0.25, 0.3) is 0 Å². The van der Waals surface area contributed by atoms with Crippen molar-refractivity contribution in [2.24, 2.45) is 0 Å². The second-order valence-electron chi connectivity index (χ2n) is 3.91. The predicted octanol–water partition coefficient (Wildman–Crippen LogP) is 2.09. The molecule has 0 aromatic heterocycles. The Morgan fingerprint density at radius 2 is 2.21 bits per heavy atom. The zero-order valence-corrected chi connectivity index (χ0v) is 13.5. The van der Waals surface area contributed by atoms with Crippen molar-refractivity contribution in [2.75, 3.05) is 25.2 Å². The van der Waals surface area contributed by atoms with E-state index in [0.29, 0.717) is 30.2 Å². The number of rotatable bonds is 7.